The van der Waals surface area contributed by atoms with E-state index in [2.05, 4.69) is 0 Å². The summed E-state index contributed by atoms with van der Waals surface area (Å²) in [6.45, 7) is 4.21. The average Bonchev–Trinajstić information content (AvgIpc) is 1.87. The molecule has 0 aromatic carbocycles. The lowest BCUT2D eigenvalue weighted by Gasteiger charge is -1.96. The molecule has 0 aromatic rings. The highest BCUT2D eigenvalue weighted by Gasteiger charge is 2.17. The number of rotatable bonds is 0. The molecule has 2 heteroatoms. The van der Waals surface area contributed by atoms with Gasteiger partial charge < -0.3 is 0 Å². The van der Waals surface area contributed by atoms with E-state index in [9.17, 15) is 4.48 Å². The van der Waals surface area contributed by atoms with E-state index in [0.29, 0.717) is 12.5 Å². The molecule has 1 aliphatic heterocycles. The van der Waals surface area contributed by atoms with Gasteiger partial charge in [-0.2, -0.15) is 0 Å². The highest BCUT2D eigenvalue weighted by atomic mass is 19.2. The second-order valence-electron chi connectivity index (χ2n) is 2.04. The van der Waals surface area contributed by atoms with Crippen molar-refractivity contribution in [3.05, 3.63) is 6.54 Å². The number of nitrogens with zero attached hydrogens (tertiary/aromatic N) is 1. The Bertz CT molecular complexity index is 57.1. The van der Waals surface area contributed by atoms with Crippen LogP contribution in [0, 0.1) is 12.5 Å². The van der Waals surface area contributed by atoms with E-state index in [-0.39, 0.29) is 0 Å². The SMILES string of the molecule is CC1[CH]N(F)CC1. The van der Waals surface area contributed by atoms with Gasteiger partial charge in [-0.1, -0.05) is 6.92 Å². The van der Waals surface area contributed by atoms with Crippen molar-refractivity contribution in [3.8, 4) is 0 Å². The first-order valence-corrected chi connectivity index (χ1v) is 2.56. The Kier molecular flexibility index (Phi) is 1.28. The highest BCUT2D eigenvalue weighted by molar-refractivity contribution is 4.76. The first kappa shape index (κ1) is 5.04. The average molecular weight is 102 g/mol. The van der Waals surface area contributed by atoms with Gasteiger partial charge in [0.25, 0.3) is 0 Å². The van der Waals surface area contributed by atoms with Gasteiger partial charge in [-0.25, -0.2) is 0 Å². The molecule has 0 aliphatic carbocycles. The smallest absolute Gasteiger partial charge is 0.0612 e. The van der Waals surface area contributed by atoms with Crippen molar-refractivity contribution < 1.29 is 4.48 Å². The summed E-state index contributed by atoms with van der Waals surface area (Å²) in [4.78, 5) is 0. The topological polar surface area (TPSA) is 3.24 Å². The molecule has 0 spiro atoms. The molecule has 0 saturated carbocycles. The van der Waals surface area contributed by atoms with E-state index in [1.165, 1.54) is 0 Å². The monoisotopic (exact) mass is 102 g/mol. The normalized spacial score (nSPS) is 34.3. The first-order valence-electron chi connectivity index (χ1n) is 2.56. The van der Waals surface area contributed by atoms with Gasteiger partial charge in [-0.05, 0) is 12.3 Å². The van der Waals surface area contributed by atoms with Crippen LogP contribution in [0.4, 0.5) is 4.48 Å². The predicted molar refractivity (Wildman–Crippen MR) is 25.9 cm³/mol. The van der Waals surface area contributed by atoms with Gasteiger partial charge in [0.1, 0.15) is 0 Å². The molecular formula is C5H9FN. The van der Waals surface area contributed by atoms with E-state index in [4.69, 9.17) is 0 Å². The Morgan fingerprint density at radius 1 is 1.86 bits per heavy atom. The summed E-state index contributed by atoms with van der Waals surface area (Å²) in [5, 5.41) is 0.755. The fourth-order valence-electron chi connectivity index (χ4n) is 0.752. The first-order chi connectivity index (χ1) is 3.29. The summed E-state index contributed by atoms with van der Waals surface area (Å²) in [6.07, 6.45) is 0.969. The summed E-state index contributed by atoms with van der Waals surface area (Å²) in [5.74, 6) is 0.449. The molecule has 1 rings (SSSR count). The molecule has 0 aromatic heterocycles. The van der Waals surface area contributed by atoms with Gasteiger partial charge in [-0.3, -0.25) is 0 Å². The summed E-state index contributed by atoms with van der Waals surface area (Å²) in [7, 11) is 0. The molecule has 0 N–H and O–H groups in total. The molecule has 1 heterocycles. The number of hydrogen-bond acceptors (Lipinski definition) is 1. The third-order valence-corrected chi connectivity index (χ3v) is 1.21. The molecule has 1 radical (unpaired) electrons. The van der Waals surface area contributed by atoms with Crippen LogP contribution in [-0.4, -0.2) is 11.7 Å². The second kappa shape index (κ2) is 1.78. The maximum absolute atomic E-state index is 12.0. The summed E-state index contributed by atoms with van der Waals surface area (Å²) in [6, 6.07) is 0. The molecule has 0 amide bonds. The van der Waals surface area contributed by atoms with E-state index in [1.54, 1.807) is 6.54 Å². The van der Waals surface area contributed by atoms with E-state index >= 15 is 0 Å². The summed E-state index contributed by atoms with van der Waals surface area (Å²) >= 11 is 0. The van der Waals surface area contributed by atoms with Gasteiger partial charge >= 0.3 is 0 Å². The van der Waals surface area contributed by atoms with Crippen LogP contribution in [0.3, 0.4) is 0 Å². The second-order valence-corrected chi connectivity index (χ2v) is 2.04. The third kappa shape index (κ3) is 1.13. The highest BCUT2D eigenvalue weighted by Crippen LogP contribution is 2.18. The Morgan fingerprint density at radius 2 is 2.57 bits per heavy atom. The van der Waals surface area contributed by atoms with Crippen LogP contribution in [0.15, 0.2) is 0 Å². The summed E-state index contributed by atoms with van der Waals surface area (Å²) < 4.78 is 12.0. The Balaban J connectivity index is 2.26. The minimum atomic E-state index is 0.449. The molecule has 41 valence electrons. The van der Waals surface area contributed by atoms with Gasteiger partial charge in [0.05, 0.1) is 6.54 Å². The standard InChI is InChI=1S/C5H9FN/c1-5-2-3-7(6)4-5/h4-5H,2-3H2,1H3. The van der Waals surface area contributed by atoms with Gasteiger partial charge in [0.15, 0.2) is 0 Å². The van der Waals surface area contributed by atoms with Crippen LogP contribution in [0.25, 0.3) is 0 Å². The van der Waals surface area contributed by atoms with Crippen LogP contribution in [0.2, 0.25) is 0 Å². The fraction of sp³-hybridized carbons (Fsp3) is 0.800. The van der Waals surface area contributed by atoms with Gasteiger partial charge in [0.2, 0.25) is 0 Å². The zero-order valence-electron chi connectivity index (χ0n) is 4.39. The van der Waals surface area contributed by atoms with Crippen LogP contribution >= 0.6 is 0 Å². The minimum Gasteiger partial charge on any atom is -0.141 e. The van der Waals surface area contributed by atoms with E-state index in [1.807, 2.05) is 6.92 Å². The fourth-order valence-corrected chi connectivity index (χ4v) is 0.752. The Morgan fingerprint density at radius 3 is 2.71 bits per heavy atom. The maximum Gasteiger partial charge on any atom is 0.0612 e. The van der Waals surface area contributed by atoms with Crippen molar-refractivity contribution in [2.24, 2.45) is 5.92 Å². The lowest BCUT2D eigenvalue weighted by molar-refractivity contribution is 0.0860. The van der Waals surface area contributed by atoms with Crippen LogP contribution < -0.4 is 0 Å². The number of hydrogen-bond donors (Lipinski definition) is 0. The zero-order chi connectivity index (χ0) is 5.28. The molecular weight excluding hydrogens is 93.1 g/mol. The van der Waals surface area contributed by atoms with Crippen LogP contribution in [-0.2, 0) is 0 Å². The van der Waals surface area contributed by atoms with Crippen molar-refractivity contribution in [2.75, 3.05) is 6.54 Å². The molecule has 1 unspecified atom stereocenters. The largest absolute Gasteiger partial charge is 0.141 e. The lowest BCUT2D eigenvalue weighted by Crippen LogP contribution is -2.00. The van der Waals surface area contributed by atoms with Crippen molar-refractivity contribution >= 4 is 0 Å². The minimum absolute atomic E-state index is 0.449. The van der Waals surface area contributed by atoms with Crippen LogP contribution in [0.1, 0.15) is 13.3 Å². The van der Waals surface area contributed by atoms with Crippen LogP contribution in [0.5, 0.6) is 0 Å². The van der Waals surface area contributed by atoms with E-state index < -0.39 is 0 Å². The quantitative estimate of drug-likeness (QED) is 0.417. The van der Waals surface area contributed by atoms with Crippen molar-refractivity contribution in [1.29, 1.82) is 0 Å². The van der Waals surface area contributed by atoms with Crippen molar-refractivity contribution in [1.82, 2.24) is 5.12 Å². The molecule has 1 saturated heterocycles. The van der Waals surface area contributed by atoms with Crippen molar-refractivity contribution in [2.45, 2.75) is 13.3 Å². The molecule has 1 atom stereocenters. The van der Waals surface area contributed by atoms with Gasteiger partial charge in [-0.15, -0.1) is 9.60 Å². The third-order valence-electron chi connectivity index (χ3n) is 1.21. The molecule has 1 aliphatic rings. The lowest BCUT2D eigenvalue weighted by atomic mass is 10.2. The Labute approximate surface area is 43.1 Å². The number of halogens is 1. The Hall–Kier alpha value is -0.110. The molecule has 7 heavy (non-hydrogen) atoms. The maximum atomic E-state index is 12.0. The molecule has 0 bridgehead atoms. The summed E-state index contributed by atoms with van der Waals surface area (Å²) in [5.41, 5.74) is 0. The van der Waals surface area contributed by atoms with Gasteiger partial charge in [0, 0.05) is 6.54 Å². The molecule has 1 fully saturated rings. The van der Waals surface area contributed by atoms with E-state index in [0.717, 1.165) is 11.5 Å². The zero-order valence-corrected chi connectivity index (χ0v) is 4.39. The molecule has 1 nitrogen and oxygen atoms in total. The van der Waals surface area contributed by atoms with Crippen molar-refractivity contribution in [3.63, 3.8) is 0 Å². The predicted octanol–water partition coefficient (Wildman–Crippen LogP) is 1.37.